The standard InChI is InChI=1S/C25H27FN2O4S/c1-19(12-13-20-8-4-3-5-9-20)27-25(29)18-28(23-10-6-7-11-24(23)32-2)33(30,31)22-16-14-21(26)15-17-22/h3-11,14-17,19H,12-13,18H2,1-2H3,(H,27,29)/t19-/m1/s1. The van der Waals surface area contributed by atoms with Gasteiger partial charge in [0.1, 0.15) is 18.1 Å². The number of rotatable bonds is 10. The molecule has 0 radical (unpaired) electrons. The van der Waals surface area contributed by atoms with Gasteiger partial charge in [-0.3, -0.25) is 9.10 Å². The number of carbonyl (C=O) groups is 1. The Bertz CT molecular complexity index is 1170. The summed E-state index contributed by atoms with van der Waals surface area (Å²) in [6.07, 6.45) is 1.49. The normalized spacial score (nSPS) is 12.1. The number of amides is 1. The Morgan fingerprint density at radius 2 is 1.64 bits per heavy atom. The van der Waals surface area contributed by atoms with Gasteiger partial charge in [0.05, 0.1) is 17.7 Å². The van der Waals surface area contributed by atoms with Gasteiger partial charge in [-0.05, 0) is 61.7 Å². The molecule has 3 rings (SSSR count). The quantitative estimate of drug-likeness (QED) is 0.483. The van der Waals surface area contributed by atoms with Gasteiger partial charge in [-0.1, -0.05) is 42.5 Å². The van der Waals surface area contributed by atoms with Crippen LogP contribution in [0.25, 0.3) is 0 Å². The Morgan fingerprint density at radius 3 is 2.30 bits per heavy atom. The van der Waals surface area contributed by atoms with E-state index in [2.05, 4.69) is 5.32 Å². The zero-order valence-electron chi connectivity index (χ0n) is 18.6. The number of halogens is 1. The van der Waals surface area contributed by atoms with E-state index in [1.54, 1.807) is 24.3 Å². The molecular formula is C25H27FN2O4S. The van der Waals surface area contributed by atoms with Gasteiger partial charge in [0.25, 0.3) is 10.0 Å². The third kappa shape index (κ3) is 6.32. The first-order chi connectivity index (χ1) is 15.8. The summed E-state index contributed by atoms with van der Waals surface area (Å²) in [7, 11) is -2.74. The molecule has 1 atom stereocenters. The summed E-state index contributed by atoms with van der Waals surface area (Å²) < 4.78 is 46.5. The Hall–Kier alpha value is -3.39. The van der Waals surface area contributed by atoms with E-state index >= 15 is 0 Å². The number of sulfonamides is 1. The van der Waals surface area contributed by atoms with Crippen molar-refractivity contribution >= 4 is 21.6 Å². The minimum Gasteiger partial charge on any atom is -0.495 e. The first kappa shape index (κ1) is 24.3. The van der Waals surface area contributed by atoms with Gasteiger partial charge in [0.15, 0.2) is 0 Å². The van der Waals surface area contributed by atoms with Crippen LogP contribution in [-0.2, 0) is 21.2 Å². The molecule has 1 N–H and O–H groups in total. The van der Waals surface area contributed by atoms with Crippen molar-refractivity contribution in [2.24, 2.45) is 0 Å². The largest absolute Gasteiger partial charge is 0.495 e. The van der Waals surface area contributed by atoms with Crippen LogP contribution in [-0.4, -0.2) is 34.0 Å². The van der Waals surface area contributed by atoms with E-state index in [1.165, 1.54) is 19.2 Å². The zero-order chi connectivity index (χ0) is 23.8. The predicted molar refractivity (Wildman–Crippen MR) is 126 cm³/mol. The number of ether oxygens (including phenoxy) is 1. The lowest BCUT2D eigenvalue weighted by Crippen LogP contribution is -2.43. The van der Waals surface area contributed by atoms with Crippen molar-refractivity contribution in [3.8, 4) is 5.75 Å². The van der Waals surface area contributed by atoms with Crippen LogP contribution in [0.15, 0.2) is 83.8 Å². The summed E-state index contributed by atoms with van der Waals surface area (Å²) in [5.74, 6) is -0.706. The molecule has 0 aliphatic rings. The fraction of sp³-hybridized carbons (Fsp3) is 0.240. The number of carbonyl (C=O) groups excluding carboxylic acids is 1. The van der Waals surface area contributed by atoms with Crippen LogP contribution < -0.4 is 14.4 Å². The minimum absolute atomic E-state index is 0.125. The molecule has 0 heterocycles. The number of nitrogens with zero attached hydrogens (tertiary/aromatic N) is 1. The molecule has 0 fully saturated rings. The second-order valence-electron chi connectivity index (χ2n) is 7.63. The molecule has 0 saturated heterocycles. The monoisotopic (exact) mass is 470 g/mol. The van der Waals surface area contributed by atoms with Crippen LogP contribution in [0, 0.1) is 5.82 Å². The molecule has 0 bridgehead atoms. The van der Waals surface area contributed by atoms with E-state index in [1.807, 2.05) is 37.3 Å². The molecule has 174 valence electrons. The predicted octanol–water partition coefficient (Wildman–Crippen LogP) is 4.17. The molecule has 3 aromatic rings. The number of anilines is 1. The molecule has 0 aliphatic heterocycles. The summed E-state index contributed by atoms with van der Waals surface area (Å²) in [6, 6.07) is 20.8. The summed E-state index contributed by atoms with van der Waals surface area (Å²) in [4.78, 5) is 12.7. The van der Waals surface area contributed by atoms with Gasteiger partial charge in [-0.15, -0.1) is 0 Å². The Balaban J connectivity index is 1.81. The van der Waals surface area contributed by atoms with Crippen molar-refractivity contribution in [2.75, 3.05) is 18.0 Å². The van der Waals surface area contributed by atoms with Crippen molar-refractivity contribution in [1.82, 2.24) is 5.32 Å². The van der Waals surface area contributed by atoms with Gasteiger partial charge in [-0.25, -0.2) is 12.8 Å². The van der Waals surface area contributed by atoms with E-state index < -0.39 is 28.3 Å². The lowest BCUT2D eigenvalue weighted by molar-refractivity contribution is -0.120. The first-order valence-electron chi connectivity index (χ1n) is 10.6. The molecule has 0 saturated carbocycles. The Morgan fingerprint density at radius 1 is 1.00 bits per heavy atom. The third-order valence-electron chi connectivity index (χ3n) is 5.16. The fourth-order valence-electron chi connectivity index (χ4n) is 3.42. The maximum absolute atomic E-state index is 13.4. The number of hydrogen-bond acceptors (Lipinski definition) is 4. The van der Waals surface area contributed by atoms with Gasteiger partial charge in [-0.2, -0.15) is 0 Å². The van der Waals surface area contributed by atoms with E-state index in [-0.39, 0.29) is 16.6 Å². The molecule has 8 heteroatoms. The van der Waals surface area contributed by atoms with Crippen LogP contribution >= 0.6 is 0 Å². The second-order valence-corrected chi connectivity index (χ2v) is 9.49. The molecule has 0 unspecified atom stereocenters. The fourth-order valence-corrected chi connectivity index (χ4v) is 4.85. The number of benzene rings is 3. The van der Waals surface area contributed by atoms with E-state index in [0.717, 1.165) is 28.4 Å². The third-order valence-corrected chi connectivity index (χ3v) is 6.93. The lowest BCUT2D eigenvalue weighted by Gasteiger charge is -2.26. The number of aryl methyl sites for hydroxylation is 1. The molecular weight excluding hydrogens is 443 g/mol. The number of methoxy groups -OCH3 is 1. The molecule has 3 aromatic carbocycles. The smallest absolute Gasteiger partial charge is 0.264 e. The summed E-state index contributed by atoms with van der Waals surface area (Å²) in [5.41, 5.74) is 1.38. The first-order valence-corrected chi connectivity index (χ1v) is 12.0. The van der Waals surface area contributed by atoms with Crippen LogP contribution in [0.1, 0.15) is 18.9 Å². The van der Waals surface area contributed by atoms with Crippen molar-refractivity contribution < 1.29 is 22.3 Å². The summed E-state index contributed by atoms with van der Waals surface area (Å²) in [5, 5.41) is 2.87. The number of nitrogens with one attached hydrogen (secondary N) is 1. The molecule has 0 aliphatic carbocycles. The van der Waals surface area contributed by atoms with Crippen molar-refractivity contribution in [2.45, 2.75) is 30.7 Å². The van der Waals surface area contributed by atoms with Crippen molar-refractivity contribution in [3.05, 3.63) is 90.2 Å². The number of para-hydroxylation sites is 2. The van der Waals surface area contributed by atoms with Crippen molar-refractivity contribution in [1.29, 1.82) is 0 Å². The van der Waals surface area contributed by atoms with Crippen LogP contribution in [0.5, 0.6) is 5.75 Å². The molecule has 1 amide bonds. The molecule has 0 aromatic heterocycles. The lowest BCUT2D eigenvalue weighted by atomic mass is 10.1. The van der Waals surface area contributed by atoms with E-state index in [4.69, 9.17) is 4.74 Å². The van der Waals surface area contributed by atoms with E-state index in [0.29, 0.717) is 12.2 Å². The maximum Gasteiger partial charge on any atom is 0.264 e. The Labute approximate surface area is 194 Å². The van der Waals surface area contributed by atoms with Gasteiger partial charge >= 0.3 is 0 Å². The van der Waals surface area contributed by atoms with Crippen LogP contribution in [0.2, 0.25) is 0 Å². The highest BCUT2D eigenvalue weighted by molar-refractivity contribution is 7.92. The SMILES string of the molecule is COc1ccccc1N(CC(=O)N[C@H](C)CCc1ccccc1)S(=O)(=O)c1ccc(F)cc1. The minimum atomic E-state index is -4.16. The molecule has 0 spiro atoms. The molecule has 33 heavy (non-hydrogen) atoms. The van der Waals surface area contributed by atoms with Crippen LogP contribution in [0.3, 0.4) is 0 Å². The Kier molecular flexibility index (Phi) is 8.06. The molecule has 6 nitrogen and oxygen atoms in total. The zero-order valence-corrected chi connectivity index (χ0v) is 19.4. The topological polar surface area (TPSA) is 75.7 Å². The number of hydrogen-bond donors (Lipinski definition) is 1. The highest BCUT2D eigenvalue weighted by atomic mass is 32.2. The van der Waals surface area contributed by atoms with Gasteiger partial charge < -0.3 is 10.1 Å². The van der Waals surface area contributed by atoms with Gasteiger partial charge in [0, 0.05) is 6.04 Å². The van der Waals surface area contributed by atoms with E-state index in [9.17, 15) is 17.6 Å². The average Bonchev–Trinajstić information content (AvgIpc) is 2.82. The van der Waals surface area contributed by atoms with Crippen LogP contribution in [0.4, 0.5) is 10.1 Å². The van der Waals surface area contributed by atoms with Gasteiger partial charge in [0.2, 0.25) is 5.91 Å². The highest BCUT2D eigenvalue weighted by Crippen LogP contribution is 2.32. The summed E-state index contributed by atoms with van der Waals surface area (Å²) >= 11 is 0. The average molecular weight is 471 g/mol. The maximum atomic E-state index is 13.4. The second kappa shape index (κ2) is 11.0. The van der Waals surface area contributed by atoms with Crippen molar-refractivity contribution in [3.63, 3.8) is 0 Å². The highest BCUT2D eigenvalue weighted by Gasteiger charge is 2.29. The summed E-state index contributed by atoms with van der Waals surface area (Å²) in [6.45, 7) is 1.43.